The van der Waals surface area contributed by atoms with Crippen molar-refractivity contribution in [3.05, 3.63) is 41.1 Å². The molecule has 1 saturated carbocycles. The second-order valence-corrected chi connectivity index (χ2v) is 6.89. The number of fused-ring (bicyclic) bond motifs is 1. The minimum Gasteiger partial charge on any atom is -0.508 e. The summed E-state index contributed by atoms with van der Waals surface area (Å²) in [6.07, 6.45) is -2.80. The Morgan fingerprint density at radius 3 is 2.44 bits per heavy atom. The standard InChI is InChI=1S/C19H20F3NO4/c1-27-18(26)14(9-10-5-7-11(24)8-6-10)23-16-13-4-2-3-12(13)15(16)17(25)19(20,21)22/h5-8,12-14,23-24H,2-4,9H2,1H3. The van der Waals surface area contributed by atoms with E-state index in [-0.39, 0.29) is 29.4 Å². The Bertz CT molecular complexity index is 770. The first-order valence-corrected chi connectivity index (χ1v) is 8.70. The number of ether oxygens (including phenoxy) is 1. The first kappa shape index (κ1) is 19.3. The van der Waals surface area contributed by atoms with Crippen molar-refractivity contribution in [1.29, 1.82) is 0 Å². The lowest BCUT2D eigenvalue weighted by Crippen LogP contribution is -2.48. The highest BCUT2D eigenvalue weighted by Crippen LogP contribution is 2.52. The van der Waals surface area contributed by atoms with Gasteiger partial charge in [0.15, 0.2) is 0 Å². The van der Waals surface area contributed by atoms with Crippen LogP contribution in [0.25, 0.3) is 0 Å². The summed E-state index contributed by atoms with van der Waals surface area (Å²) in [4.78, 5) is 24.0. The van der Waals surface area contributed by atoms with E-state index >= 15 is 0 Å². The maximum Gasteiger partial charge on any atom is 0.454 e. The number of halogens is 3. The highest BCUT2D eigenvalue weighted by molar-refractivity contribution is 6.02. The van der Waals surface area contributed by atoms with Crippen molar-refractivity contribution >= 4 is 11.8 Å². The maximum atomic E-state index is 13.0. The van der Waals surface area contributed by atoms with Gasteiger partial charge in [-0.1, -0.05) is 18.6 Å². The number of Topliss-reactive ketones (excluding diaryl/α,β-unsaturated/α-hetero) is 1. The smallest absolute Gasteiger partial charge is 0.454 e. The van der Waals surface area contributed by atoms with E-state index in [1.165, 1.54) is 19.2 Å². The van der Waals surface area contributed by atoms with Crippen molar-refractivity contribution in [2.24, 2.45) is 11.8 Å². The summed E-state index contributed by atoms with van der Waals surface area (Å²) in [5, 5.41) is 12.2. The Balaban J connectivity index is 1.86. The van der Waals surface area contributed by atoms with Crippen LogP contribution in [0.1, 0.15) is 24.8 Å². The van der Waals surface area contributed by atoms with E-state index in [4.69, 9.17) is 4.74 Å². The van der Waals surface area contributed by atoms with Gasteiger partial charge in [-0.05, 0) is 36.5 Å². The molecule has 1 fully saturated rings. The molecule has 0 heterocycles. The average molecular weight is 383 g/mol. The number of nitrogens with one attached hydrogen (secondary N) is 1. The molecule has 0 radical (unpaired) electrons. The fourth-order valence-electron chi connectivity index (χ4n) is 3.97. The zero-order valence-corrected chi connectivity index (χ0v) is 14.7. The van der Waals surface area contributed by atoms with E-state index in [9.17, 15) is 27.9 Å². The van der Waals surface area contributed by atoms with Crippen molar-refractivity contribution in [3.8, 4) is 5.75 Å². The second-order valence-electron chi connectivity index (χ2n) is 6.89. The van der Waals surface area contributed by atoms with Gasteiger partial charge in [0.05, 0.1) is 7.11 Å². The molecule has 146 valence electrons. The van der Waals surface area contributed by atoms with Crippen LogP contribution in [0.2, 0.25) is 0 Å². The van der Waals surface area contributed by atoms with Gasteiger partial charge in [-0.15, -0.1) is 0 Å². The molecule has 1 aromatic carbocycles. The molecule has 1 aromatic rings. The average Bonchev–Trinajstić information content (AvgIpc) is 3.02. The third-order valence-electron chi connectivity index (χ3n) is 5.24. The molecule has 0 aliphatic heterocycles. The maximum absolute atomic E-state index is 13.0. The molecule has 0 aromatic heterocycles. The van der Waals surface area contributed by atoms with Gasteiger partial charge < -0.3 is 15.2 Å². The molecular formula is C19H20F3NO4. The monoisotopic (exact) mass is 383 g/mol. The highest BCUT2D eigenvalue weighted by Gasteiger charge is 2.53. The number of phenolic OH excluding ortho intramolecular Hbond substituents is 1. The van der Waals surface area contributed by atoms with Crippen LogP contribution in [0.4, 0.5) is 13.2 Å². The largest absolute Gasteiger partial charge is 0.508 e. The predicted octanol–water partition coefficient (Wildman–Crippen LogP) is 2.88. The van der Waals surface area contributed by atoms with E-state index in [0.717, 1.165) is 6.42 Å². The van der Waals surface area contributed by atoms with Crippen LogP contribution in [0, 0.1) is 11.8 Å². The summed E-state index contributed by atoms with van der Waals surface area (Å²) in [6, 6.07) is 5.22. The molecule has 2 aliphatic carbocycles. The van der Waals surface area contributed by atoms with Crippen molar-refractivity contribution in [2.75, 3.05) is 7.11 Å². The molecule has 3 atom stereocenters. The van der Waals surface area contributed by atoms with Crippen molar-refractivity contribution < 1.29 is 32.6 Å². The summed E-state index contributed by atoms with van der Waals surface area (Å²) in [7, 11) is 1.20. The molecule has 27 heavy (non-hydrogen) atoms. The molecule has 2 aliphatic rings. The van der Waals surface area contributed by atoms with Gasteiger partial charge in [0.25, 0.3) is 5.78 Å². The number of ketones is 1. The van der Waals surface area contributed by atoms with Gasteiger partial charge in [0.1, 0.15) is 11.8 Å². The number of allylic oxidation sites excluding steroid dienone is 2. The molecule has 0 bridgehead atoms. The zero-order valence-electron chi connectivity index (χ0n) is 14.7. The van der Waals surface area contributed by atoms with E-state index in [2.05, 4.69) is 5.32 Å². The Morgan fingerprint density at radius 2 is 1.85 bits per heavy atom. The fourth-order valence-corrected chi connectivity index (χ4v) is 3.97. The Hall–Kier alpha value is -2.51. The first-order valence-electron chi connectivity index (χ1n) is 8.70. The van der Waals surface area contributed by atoms with Crippen LogP contribution < -0.4 is 5.32 Å². The third-order valence-corrected chi connectivity index (χ3v) is 5.24. The number of aromatic hydroxyl groups is 1. The minimum absolute atomic E-state index is 0.0647. The SMILES string of the molecule is COC(=O)C(Cc1ccc(O)cc1)NC1=C(C(=O)C(F)(F)F)C2CCCC12. The quantitative estimate of drug-likeness (QED) is 0.739. The number of methoxy groups -OCH3 is 1. The molecule has 8 heteroatoms. The van der Waals surface area contributed by atoms with Crippen LogP contribution in [0.3, 0.4) is 0 Å². The number of alkyl halides is 3. The number of hydrogen-bond donors (Lipinski definition) is 2. The van der Waals surface area contributed by atoms with Crippen LogP contribution >= 0.6 is 0 Å². The molecule has 0 saturated heterocycles. The Kier molecular flexibility index (Phi) is 5.17. The lowest BCUT2D eigenvalue weighted by atomic mass is 9.71. The lowest BCUT2D eigenvalue weighted by Gasteiger charge is -2.39. The highest BCUT2D eigenvalue weighted by atomic mass is 19.4. The number of benzene rings is 1. The summed E-state index contributed by atoms with van der Waals surface area (Å²) in [5.41, 5.74) is 0.668. The number of phenols is 1. The molecular weight excluding hydrogens is 363 g/mol. The number of carbonyl (C=O) groups excluding carboxylic acids is 2. The van der Waals surface area contributed by atoms with E-state index < -0.39 is 29.9 Å². The predicted molar refractivity (Wildman–Crippen MR) is 89.7 cm³/mol. The van der Waals surface area contributed by atoms with Crippen molar-refractivity contribution in [3.63, 3.8) is 0 Å². The molecule has 5 nitrogen and oxygen atoms in total. The van der Waals surface area contributed by atoms with Crippen LogP contribution in [-0.2, 0) is 20.7 Å². The van der Waals surface area contributed by atoms with Gasteiger partial charge in [-0.25, -0.2) is 4.79 Å². The van der Waals surface area contributed by atoms with Gasteiger partial charge in [-0.2, -0.15) is 13.2 Å². The third kappa shape index (κ3) is 3.79. The molecule has 3 unspecified atom stereocenters. The fraction of sp³-hybridized carbons (Fsp3) is 0.474. The molecule has 0 spiro atoms. The van der Waals surface area contributed by atoms with E-state index in [1.807, 2.05) is 0 Å². The van der Waals surface area contributed by atoms with E-state index in [1.54, 1.807) is 12.1 Å². The van der Waals surface area contributed by atoms with Gasteiger partial charge in [0.2, 0.25) is 0 Å². The second kappa shape index (κ2) is 7.25. The Labute approximate surface area is 154 Å². The normalized spacial score (nSPS) is 22.7. The molecule has 2 N–H and O–H groups in total. The van der Waals surface area contributed by atoms with Crippen LogP contribution in [0.15, 0.2) is 35.5 Å². The number of esters is 1. The summed E-state index contributed by atoms with van der Waals surface area (Å²) < 4.78 is 43.7. The van der Waals surface area contributed by atoms with Gasteiger partial charge in [-0.3, -0.25) is 4.79 Å². The summed E-state index contributed by atoms with van der Waals surface area (Å²) >= 11 is 0. The minimum atomic E-state index is -4.94. The Morgan fingerprint density at radius 1 is 1.22 bits per heavy atom. The molecule has 0 amide bonds. The van der Waals surface area contributed by atoms with E-state index in [0.29, 0.717) is 18.4 Å². The number of hydrogen-bond acceptors (Lipinski definition) is 5. The van der Waals surface area contributed by atoms with Crippen LogP contribution in [0.5, 0.6) is 5.75 Å². The van der Waals surface area contributed by atoms with Gasteiger partial charge >= 0.3 is 12.1 Å². The summed E-state index contributed by atoms with van der Waals surface area (Å²) in [5.74, 6) is -2.95. The number of rotatable bonds is 6. The topological polar surface area (TPSA) is 75.6 Å². The summed E-state index contributed by atoms with van der Waals surface area (Å²) in [6.45, 7) is 0. The first-order chi connectivity index (χ1) is 12.7. The molecule has 3 rings (SSSR count). The van der Waals surface area contributed by atoms with Crippen LogP contribution in [-0.4, -0.2) is 36.2 Å². The van der Waals surface area contributed by atoms with Crippen molar-refractivity contribution in [1.82, 2.24) is 5.32 Å². The zero-order chi connectivity index (χ0) is 19.8. The number of carbonyl (C=O) groups is 2. The van der Waals surface area contributed by atoms with Crippen molar-refractivity contribution in [2.45, 2.75) is 37.9 Å². The van der Waals surface area contributed by atoms with Gasteiger partial charge in [0, 0.05) is 23.6 Å². The lowest BCUT2D eigenvalue weighted by molar-refractivity contribution is -0.168.